The number of nitrogens with zero attached hydrogens (tertiary/aromatic N) is 1. The fourth-order valence-electron chi connectivity index (χ4n) is 2.12. The summed E-state index contributed by atoms with van der Waals surface area (Å²) in [5, 5.41) is 2.20. The SMILES string of the molecule is CC(=O)SCC1CC(=O)N(CCc2cccs2)C1. The largest absolute Gasteiger partial charge is 0.342 e. The van der Waals surface area contributed by atoms with Gasteiger partial charge in [0.05, 0.1) is 0 Å². The molecule has 1 aliphatic rings. The highest BCUT2D eigenvalue weighted by Crippen LogP contribution is 2.22. The third kappa shape index (κ3) is 3.85. The number of amides is 1. The summed E-state index contributed by atoms with van der Waals surface area (Å²) >= 11 is 3.07. The standard InChI is InChI=1S/C13H17NO2S2/c1-10(15)18-9-11-7-13(16)14(8-11)5-4-12-3-2-6-17-12/h2-3,6,11H,4-5,7-9H2,1H3. The predicted molar refractivity (Wildman–Crippen MR) is 75.8 cm³/mol. The summed E-state index contributed by atoms with van der Waals surface area (Å²) < 4.78 is 0. The van der Waals surface area contributed by atoms with Crippen molar-refractivity contribution in [3.05, 3.63) is 22.4 Å². The van der Waals surface area contributed by atoms with Gasteiger partial charge in [-0.05, 0) is 23.8 Å². The summed E-state index contributed by atoms with van der Waals surface area (Å²) in [6.07, 6.45) is 1.54. The van der Waals surface area contributed by atoms with Crippen LogP contribution < -0.4 is 0 Å². The summed E-state index contributed by atoms with van der Waals surface area (Å²) in [5.41, 5.74) is 0. The van der Waals surface area contributed by atoms with Gasteiger partial charge in [0, 0.05) is 37.1 Å². The molecule has 1 amide bonds. The summed E-state index contributed by atoms with van der Waals surface area (Å²) in [6.45, 7) is 3.20. The van der Waals surface area contributed by atoms with Gasteiger partial charge in [0.2, 0.25) is 5.91 Å². The topological polar surface area (TPSA) is 37.4 Å². The normalized spacial score (nSPS) is 19.5. The van der Waals surface area contributed by atoms with Crippen molar-refractivity contribution in [1.29, 1.82) is 0 Å². The number of rotatable bonds is 5. The molecule has 1 unspecified atom stereocenters. The van der Waals surface area contributed by atoms with Gasteiger partial charge in [-0.2, -0.15) is 0 Å². The Balaban J connectivity index is 1.76. The minimum Gasteiger partial charge on any atom is -0.342 e. The van der Waals surface area contributed by atoms with Gasteiger partial charge in [0.15, 0.2) is 5.12 Å². The van der Waals surface area contributed by atoms with Gasteiger partial charge in [0.1, 0.15) is 0 Å². The molecular formula is C13H17NO2S2. The van der Waals surface area contributed by atoms with Crippen molar-refractivity contribution in [3.63, 3.8) is 0 Å². The van der Waals surface area contributed by atoms with Crippen LogP contribution in [0.1, 0.15) is 18.2 Å². The van der Waals surface area contributed by atoms with Gasteiger partial charge in [-0.15, -0.1) is 11.3 Å². The number of hydrogen-bond acceptors (Lipinski definition) is 4. The molecule has 1 aromatic heterocycles. The summed E-state index contributed by atoms with van der Waals surface area (Å²) in [7, 11) is 0. The van der Waals surface area contributed by atoms with Crippen LogP contribution in [0.3, 0.4) is 0 Å². The molecule has 0 aliphatic carbocycles. The summed E-state index contributed by atoms with van der Waals surface area (Å²) in [6, 6.07) is 4.15. The maximum atomic E-state index is 11.8. The van der Waals surface area contributed by atoms with E-state index in [1.165, 1.54) is 16.6 Å². The first-order chi connectivity index (χ1) is 8.65. The maximum Gasteiger partial charge on any atom is 0.222 e. The Morgan fingerprint density at radius 2 is 2.44 bits per heavy atom. The highest BCUT2D eigenvalue weighted by atomic mass is 32.2. The smallest absolute Gasteiger partial charge is 0.222 e. The average Bonchev–Trinajstić information content (AvgIpc) is 2.93. The minimum atomic E-state index is 0.138. The fourth-order valence-corrected chi connectivity index (χ4v) is 3.51. The van der Waals surface area contributed by atoms with E-state index >= 15 is 0 Å². The van der Waals surface area contributed by atoms with E-state index in [9.17, 15) is 9.59 Å². The van der Waals surface area contributed by atoms with Crippen LogP contribution in [0, 0.1) is 5.92 Å². The van der Waals surface area contributed by atoms with Crippen LogP contribution in [0.4, 0.5) is 0 Å². The Labute approximate surface area is 116 Å². The van der Waals surface area contributed by atoms with E-state index in [4.69, 9.17) is 0 Å². The molecule has 0 radical (unpaired) electrons. The number of thiophene rings is 1. The molecule has 3 nitrogen and oxygen atoms in total. The van der Waals surface area contributed by atoms with Crippen molar-refractivity contribution in [2.75, 3.05) is 18.8 Å². The first kappa shape index (κ1) is 13.6. The quantitative estimate of drug-likeness (QED) is 0.833. The number of carbonyl (C=O) groups excluding carboxylic acids is 2. The van der Waals surface area contributed by atoms with Crippen LogP contribution in [0.2, 0.25) is 0 Å². The van der Waals surface area contributed by atoms with Crippen LogP contribution in [-0.4, -0.2) is 34.8 Å². The lowest BCUT2D eigenvalue weighted by Crippen LogP contribution is -2.27. The highest BCUT2D eigenvalue weighted by molar-refractivity contribution is 8.13. The lowest BCUT2D eigenvalue weighted by atomic mass is 10.1. The molecule has 98 valence electrons. The monoisotopic (exact) mass is 283 g/mol. The van der Waals surface area contributed by atoms with E-state index in [1.54, 1.807) is 18.3 Å². The molecule has 5 heteroatoms. The first-order valence-corrected chi connectivity index (χ1v) is 7.95. The Morgan fingerprint density at radius 3 is 3.11 bits per heavy atom. The van der Waals surface area contributed by atoms with Gasteiger partial charge >= 0.3 is 0 Å². The number of carbonyl (C=O) groups is 2. The Hall–Kier alpha value is -0.810. The third-order valence-corrected chi connectivity index (χ3v) is 5.01. The van der Waals surface area contributed by atoms with E-state index in [0.717, 1.165) is 25.3 Å². The van der Waals surface area contributed by atoms with E-state index < -0.39 is 0 Å². The molecule has 1 saturated heterocycles. The van der Waals surface area contributed by atoms with E-state index in [0.29, 0.717) is 12.3 Å². The lowest BCUT2D eigenvalue weighted by molar-refractivity contribution is -0.127. The molecule has 1 aromatic rings. The predicted octanol–water partition coefficient (Wildman–Crippen LogP) is 2.42. The van der Waals surface area contributed by atoms with Crippen LogP contribution in [0.15, 0.2) is 17.5 Å². The van der Waals surface area contributed by atoms with Crippen molar-refractivity contribution >= 4 is 34.1 Å². The minimum absolute atomic E-state index is 0.138. The van der Waals surface area contributed by atoms with Gasteiger partial charge in [-0.25, -0.2) is 0 Å². The van der Waals surface area contributed by atoms with Crippen molar-refractivity contribution in [2.24, 2.45) is 5.92 Å². The number of hydrogen-bond donors (Lipinski definition) is 0. The third-order valence-electron chi connectivity index (χ3n) is 3.03. The Morgan fingerprint density at radius 1 is 1.61 bits per heavy atom. The van der Waals surface area contributed by atoms with Gasteiger partial charge in [0.25, 0.3) is 0 Å². The summed E-state index contributed by atoms with van der Waals surface area (Å²) in [4.78, 5) is 26.0. The zero-order valence-electron chi connectivity index (χ0n) is 10.4. The number of thioether (sulfide) groups is 1. The second-order valence-electron chi connectivity index (χ2n) is 4.54. The molecule has 18 heavy (non-hydrogen) atoms. The first-order valence-electron chi connectivity index (χ1n) is 6.08. The molecule has 1 fully saturated rings. The van der Waals surface area contributed by atoms with Gasteiger partial charge in [-0.3, -0.25) is 9.59 Å². The zero-order valence-corrected chi connectivity index (χ0v) is 12.1. The molecule has 0 N–H and O–H groups in total. The van der Waals surface area contributed by atoms with Crippen molar-refractivity contribution in [1.82, 2.24) is 4.90 Å². The molecule has 0 bridgehead atoms. The highest BCUT2D eigenvalue weighted by Gasteiger charge is 2.29. The van der Waals surface area contributed by atoms with Crippen molar-refractivity contribution in [2.45, 2.75) is 19.8 Å². The molecule has 1 aliphatic heterocycles. The van der Waals surface area contributed by atoms with Gasteiger partial charge < -0.3 is 4.90 Å². The number of likely N-dealkylation sites (tertiary alicyclic amines) is 1. The average molecular weight is 283 g/mol. The van der Waals surface area contributed by atoms with Crippen LogP contribution in [0.5, 0.6) is 0 Å². The molecule has 2 rings (SSSR count). The van der Waals surface area contributed by atoms with Crippen LogP contribution in [-0.2, 0) is 16.0 Å². The Bertz CT molecular complexity index is 417. The van der Waals surface area contributed by atoms with E-state index in [1.807, 2.05) is 11.0 Å². The summed E-state index contributed by atoms with van der Waals surface area (Å²) in [5.74, 6) is 1.35. The molecule has 2 heterocycles. The molecule has 0 aromatic carbocycles. The molecule has 0 spiro atoms. The van der Waals surface area contributed by atoms with Crippen molar-refractivity contribution in [3.8, 4) is 0 Å². The van der Waals surface area contributed by atoms with E-state index in [-0.39, 0.29) is 11.0 Å². The van der Waals surface area contributed by atoms with Crippen LogP contribution in [0.25, 0.3) is 0 Å². The second-order valence-corrected chi connectivity index (χ2v) is 6.77. The zero-order chi connectivity index (χ0) is 13.0. The molecule has 1 atom stereocenters. The fraction of sp³-hybridized carbons (Fsp3) is 0.538. The van der Waals surface area contributed by atoms with E-state index in [2.05, 4.69) is 11.4 Å². The molecular weight excluding hydrogens is 266 g/mol. The van der Waals surface area contributed by atoms with Crippen molar-refractivity contribution < 1.29 is 9.59 Å². The van der Waals surface area contributed by atoms with Crippen LogP contribution >= 0.6 is 23.1 Å². The second kappa shape index (κ2) is 6.38. The maximum absolute atomic E-state index is 11.8. The lowest BCUT2D eigenvalue weighted by Gasteiger charge is -2.15. The Kier molecular flexibility index (Phi) is 4.83. The molecule has 0 saturated carbocycles. The van der Waals surface area contributed by atoms with Gasteiger partial charge in [-0.1, -0.05) is 17.8 Å².